The fraction of sp³-hybridized carbons (Fsp3) is 0.462. The SMILES string of the molecule is CC1(C)C(O)CC1NC(=O)c1ccc(Br)c(F)c1. The maximum Gasteiger partial charge on any atom is 0.251 e. The first kappa shape index (κ1) is 13.5. The van der Waals surface area contributed by atoms with Crippen LogP contribution in [-0.2, 0) is 0 Å². The predicted octanol–water partition coefficient (Wildman–Crippen LogP) is 2.48. The van der Waals surface area contributed by atoms with Gasteiger partial charge in [0.1, 0.15) is 5.82 Å². The number of carbonyl (C=O) groups excluding carboxylic acids is 1. The molecule has 1 aromatic carbocycles. The van der Waals surface area contributed by atoms with Crippen molar-refractivity contribution < 1.29 is 14.3 Å². The number of amides is 1. The summed E-state index contributed by atoms with van der Waals surface area (Å²) in [7, 11) is 0. The molecule has 0 aromatic heterocycles. The third-order valence-electron chi connectivity index (χ3n) is 3.70. The van der Waals surface area contributed by atoms with Crippen LogP contribution in [0.15, 0.2) is 22.7 Å². The Bertz CT molecular complexity index is 490. The Morgan fingerprint density at radius 1 is 1.56 bits per heavy atom. The molecule has 0 radical (unpaired) electrons. The first-order chi connectivity index (χ1) is 8.32. The Morgan fingerprint density at radius 2 is 2.22 bits per heavy atom. The van der Waals surface area contributed by atoms with E-state index in [1.165, 1.54) is 12.1 Å². The topological polar surface area (TPSA) is 49.3 Å². The van der Waals surface area contributed by atoms with E-state index in [1.54, 1.807) is 6.07 Å². The Hall–Kier alpha value is -0.940. The van der Waals surface area contributed by atoms with Gasteiger partial charge in [0.25, 0.3) is 5.91 Å². The van der Waals surface area contributed by atoms with Gasteiger partial charge in [-0.15, -0.1) is 0 Å². The molecular weight excluding hydrogens is 301 g/mol. The maximum absolute atomic E-state index is 13.3. The van der Waals surface area contributed by atoms with Crippen molar-refractivity contribution in [2.24, 2.45) is 5.41 Å². The molecule has 2 atom stereocenters. The summed E-state index contributed by atoms with van der Waals surface area (Å²) in [5, 5.41) is 12.4. The summed E-state index contributed by atoms with van der Waals surface area (Å²) in [4.78, 5) is 11.9. The van der Waals surface area contributed by atoms with Gasteiger partial charge in [0.15, 0.2) is 0 Å². The Balaban J connectivity index is 2.07. The zero-order valence-corrected chi connectivity index (χ0v) is 11.8. The summed E-state index contributed by atoms with van der Waals surface area (Å²) in [6, 6.07) is 4.18. The minimum absolute atomic E-state index is 0.0771. The van der Waals surface area contributed by atoms with Crippen LogP contribution in [0.25, 0.3) is 0 Å². The van der Waals surface area contributed by atoms with Crippen molar-refractivity contribution >= 4 is 21.8 Å². The van der Waals surface area contributed by atoms with E-state index in [9.17, 15) is 14.3 Å². The highest BCUT2D eigenvalue weighted by Gasteiger charge is 2.47. The van der Waals surface area contributed by atoms with Crippen LogP contribution in [0.5, 0.6) is 0 Å². The van der Waals surface area contributed by atoms with E-state index >= 15 is 0 Å². The molecule has 1 aliphatic carbocycles. The number of nitrogens with one attached hydrogen (secondary N) is 1. The van der Waals surface area contributed by atoms with E-state index < -0.39 is 11.9 Å². The van der Waals surface area contributed by atoms with Crippen molar-refractivity contribution in [3.63, 3.8) is 0 Å². The van der Waals surface area contributed by atoms with Crippen LogP contribution in [0.1, 0.15) is 30.6 Å². The van der Waals surface area contributed by atoms with Crippen LogP contribution < -0.4 is 5.32 Å². The number of rotatable bonds is 2. The van der Waals surface area contributed by atoms with Crippen molar-refractivity contribution in [2.45, 2.75) is 32.4 Å². The molecular formula is C13H15BrFNO2. The highest BCUT2D eigenvalue weighted by Crippen LogP contribution is 2.40. The van der Waals surface area contributed by atoms with Gasteiger partial charge in [-0.05, 0) is 40.5 Å². The van der Waals surface area contributed by atoms with Gasteiger partial charge in [-0.25, -0.2) is 4.39 Å². The van der Waals surface area contributed by atoms with E-state index in [-0.39, 0.29) is 22.9 Å². The van der Waals surface area contributed by atoms with Crippen molar-refractivity contribution in [2.75, 3.05) is 0 Å². The van der Waals surface area contributed by atoms with Crippen molar-refractivity contribution in [1.82, 2.24) is 5.32 Å². The summed E-state index contributed by atoms with van der Waals surface area (Å²) in [5.41, 5.74) is -0.0447. The lowest BCUT2D eigenvalue weighted by Crippen LogP contribution is -2.61. The summed E-state index contributed by atoms with van der Waals surface area (Å²) < 4.78 is 13.7. The average molecular weight is 316 g/mol. The van der Waals surface area contributed by atoms with Gasteiger partial charge in [0.05, 0.1) is 10.6 Å². The number of aliphatic hydroxyl groups excluding tert-OH is 1. The van der Waals surface area contributed by atoms with E-state index in [0.717, 1.165) is 0 Å². The van der Waals surface area contributed by atoms with E-state index in [0.29, 0.717) is 10.9 Å². The lowest BCUT2D eigenvalue weighted by Gasteiger charge is -2.49. The van der Waals surface area contributed by atoms with Crippen LogP contribution in [0.3, 0.4) is 0 Å². The van der Waals surface area contributed by atoms with Crippen LogP contribution in [0.4, 0.5) is 4.39 Å². The molecule has 0 heterocycles. The molecule has 3 nitrogen and oxygen atoms in total. The predicted molar refractivity (Wildman–Crippen MR) is 69.8 cm³/mol. The normalized spacial score (nSPS) is 25.4. The molecule has 1 saturated carbocycles. The average Bonchev–Trinajstić information content (AvgIpc) is 2.32. The molecule has 0 aliphatic heterocycles. The van der Waals surface area contributed by atoms with Crippen LogP contribution >= 0.6 is 15.9 Å². The van der Waals surface area contributed by atoms with Gasteiger partial charge in [-0.1, -0.05) is 13.8 Å². The number of halogens is 2. The lowest BCUT2D eigenvalue weighted by atomic mass is 9.64. The minimum atomic E-state index is -0.462. The quantitative estimate of drug-likeness (QED) is 0.881. The molecule has 0 bridgehead atoms. The zero-order valence-electron chi connectivity index (χ0n) is 10.2. The lowest BCUT2D eigenvalue weighted by molar-refractivity contribution is -0.0689. The summed E-state index contributed by atoms with van der Waals surface area (Å²) >= 11 is 3.04. The summed E-state index contributed by atoms with van der Waals surface area (Å²) in [6.45, 7) is 3.79. The van der Waals surface area contributed by atoms with Gasteiger partial charge in [-0.3, -0.25) is 4.79 Å². The van der Waals surface area contributed by atoms with Crippen LogP contribution in [0, 0.1) is 11.2 Å². The molecule has 1 fully saturated rings. The molecule has 5 heteroatoms. The largest absolute Gasteiger partial charge is 0.392 e. The van der Waals surface area contributed by atoms with Crippen molar-refractivity contribution in [3.05, 3.63) is 34.1 Å². The third-order valence-corrected chi connectivity index (χ3v) is 4.35. The standard InChI is InChI=1S/C13H15BrFNO2/c1-13(2)10(6-11(13)17)16-12(18)7-3-4-8(14)9(15)5-7/h3-5,10-11,17H,6H2,1-2H3,(H,16,18). The van der Waals surface area contributed by atoms with Gasteiger partial charge >= 0.3 is 0 Å². The number of carbonyl (C=O) groups is 1. The fourth-order valence-corrected chi connectivity index (χ4v) is 2.27. The molecule has 0 saturated heterocycles. The Labute approximate surface area is 114 Å². The second-order valence-corrected chi connectivity index (χ2v) is 6.08. The number of aliphatic hydroxyl groups is 1. The van der Waals surface area contributed by atoms with Crippen LogP contribution in [-0.4, -0.2) is 23.2 Å². The van der Waals surface area contributed by atoms with Gasteiger partial charge in [0.2, 0.25) is 0 Å². The van der Waals surface area contributed by atoms with Gasteiger partial charge in [0, 0.05) is 17.0 Å². The molecule has 1 aliphatic rings. The smallest absolute Gasteiger partial charge is 0.251 e. The zero-order chi connectivity index (χ0) is 13.5. The second kappa shape index (κ2) is 4.63. The molecule has 18 heavy (non-hydrogen) atoms. The fourth-order valence-electron chi connectivity index (χ4n) is 2.03. The number of benzene rings is 1. The number of hydrogen-bond acceptors (Lipinski definition) is 2. The maximum atomic E-state index is 13.3. The molecule has 1 amide bonds. The molecule has 1 aromatic rings. The van der Waals surface area contributed by atoms with Crippen molar-refractivity contribution in [1.29, 1.82) is 0 Å². The molecule has 0 spiro atoms. The molecule has 98 valence electrons. The minimum Gasteiger partial charge on any atom is -0.392 e. The highest BCUT2D eigenvalue weighted by molar-refractivity contribution is 9.10. The van der Waals surface area contributed by atoms with Crippen LogP contribution in [0.2, 0.25) is 0 Å². The molecule has 2 N–H and O–H groups in total. The first-order valence-corrected chi connectivity index (χ1v) is 6.55. The summed E-state index contributed by atoms with van der Waals surface area (Å²) in [6.07, 6.45) is 0.141. The Morgan fingerprint density at radius 3 is 2.72 bits per heavy atom. The summed E-state index contributed by atoms with van der Waals surface area (Å²) in [5.74, 6) is -0.776. The third kappa shape index (κ3) is 2.29. The second-order valence-electron chi connectivity index (χ2n) is 5.23. The van der Waals surface area contributed by atoms with E-state index in [2.05, 4.69) is 21.2 Å². The van der Waals surface area contributed by atoms with Gasteiger partial charge in [-0.2, -0.15) is 0 Å². The van der Waals surface area contributed by atoms with Crippen molar-refractivity contribution in [3.8, 4) is 0 Å². The van der Waals surface area contributed by atoms with Gasteiger partial charge < -0.3 is 10.4 Å². The highest BCUT2D eigenvalue weighted by atomic mass is 79.9. The van der Waals surface area contributed by atoms with E-state index in [1.807, 2.05) is 13.8 Å². The monoisotopic (exact) mass is 315 g/mol. The Kier molecular flexibility index (Phi) is 3.47. The molecule has 2 rings (SSSR count). The number of hydrogen-bond donors (Lipinski definition) is 2. The molecule has 2 unspecified atom stereocenters. The first-order valence-electron chi connectivity index (χ1n) is 5.76. The van der Waals surface area contributed by atoms with E-state index in [4.69, 9.17) is 0 Å².